The van der Waals surface area contributed by atoms with E-state index in [4.69, 9.17) is 4.42 Å². The van der Waals surface area contributed by atoms with Crippen molar-refractivity contribution in [2.75, 3.05) is 5.32 Å². The smallest absolute Gasteiger partial charge is 0.336 e. The van der Waals surface area contributed by atoms with Crippen molar-refractivity contribution >= 4 is 11.6 Å². The fraction of sp³-hybridized carbons (Fsp3) is 0.200. The summed E-state index contributed by atoms with van der Waals surface area (Å²) in [4.78, 5) is 23.4. The van der Waals surface area contributed by atoms with Crippen LogP contribution in [0.2, 0.25) is 0 Å². The molecule has 0 radical (unpaired) electrons. The SMILES string of the molecule is Cc1ccc(F)cc1NC(=O)c1c(C)cc(=O)oc1C. The van der Waals surface area contributed by atoms with Gasteiger partial charge in [-0.1, -0.05) is 6.07 Å². The number of hydrogen-bond acceptors (Lipinski definition) is 3. The van der Waals surface area contributed by atoms with Gasteiger partial charge in [0.05, 0.1) is 5.56 Å². The highest BCUT2D eigenvalue weighted by Crippen LogP contribution is 2.19. The van der Waals surface area contributed by atoms with Crippen LogP contribution >= 0.6 is 0 Å². The number of nitrogens with one attached hydrogen (secondary N) is 1. The Hall–Kier alpha value is -2.43. The Morgan fingerprint density at radius 3 is 2.50 bits per heavy atom. The first-order chi connectivity index (χ1) is 9.38. The van der Waals surface area contributed by atoms with Crippen LogP contribution in [-0.2, 0) is 0 Å². The minimum Gasteiger partial charge on any atom is -0.427 e. The number of benzene rings is 1. The maximum atomic E-state index is 13.2. The molecule has 20 heavy (non-hydrogen) atoms. The van der Waals surface area contributed by atoms with Gasteiger partial charge in [-0.25, -0.2) is 9.18 Å². The van der Waals surface area contributed by atoms with Crippen molar-refractivity contribution in [1.82, 2.24) is 0 Å². The molecule has 0 bridgehead atoms. The van der Waals surface area contributed by atoms with E-state index in [9.17, 15) is 14.0 Å². The van der Waals surface area contributed by atoms with Crippen molar-refractivity contribution in [2.45, 2.75) is 20.8 Å². The second kappa shape index (κ2) is 5.28. The summed E-state index contributed by atoms with van der Waals surface area (Å²) in [5.74, 6) is -0.627. The molecule has 4 nitrogen and oxygen atoms in total. The molecule has 1 N–H and O–H groups in total. The molecule has 1 aromatic carbocycles. The minimum atomic E-state index is -0.501. The van der Waals surface area contributed by atoms with Gasteiger partial charge in [-0.15, -0.1) is 0 Å². The van der Waals surface area contributed by atoms with Crippen LogP contribution in [0.1, 0.15) is 27.2 Å². The van der Waals surface area contributed by atoms with Crippen LogP contribution in [0, 0.1) is 26.6 Å². The van der Waals surface area contributed by atoms with Crippen molar-refractivity contribution in [1.29, 1.82) is 0 Å². The Labute approximate surface area is 115 Å². The first-order valence-electron chi connectivity index (χ1n) is 6.07. The van der Waals surface area contributed by atoms with Crippen LogP contribution < -0.4 is 10.9 Å². The molecule has 0 spiro atoms. The van der Waals surface area contributed by atoms with Gasteiger partial charge in [0.1, 0.15) is 11.6 Å². The van der Waals surface area contributed by atoms with Crippen molar-refractivity contribution in [3.63, 3.8) is 0 Å². The highest BCUT2D eigenvalue weighted by atomic mass is 19.1. The summed E-state index contributed by atoms with van der Waals surface area (Å²) in [6.07, 6.45) is 0. The van der Waals surface area contributed by atoms with E-state index >= 15 is 0 Å². The molecule has 0 fully saturated rings. The Bertz CT molecular complexity index is 708. The fourth-order valence-corrected chi connectivity index (χ4v) is 2.01. The zero-order chi connectivity index (χ0) is 14.9. The maximum absolute atomic E-state index is 13.2. The second-order valence-electron chi connectivity index (χ2n) is 4.59. The Morgan fingerprint density at radius 1 is 1.15 bits per heavy atom. The largest absolute Gasteiger partial charge is 0.427 e. The molecule has 0 aliphatic heterocycles. The summed E-state index contributed by atoms with van der Waals surface area (Å²) in [5, 5.41) is 2.63. The van der Waals surface area contributed by atoms with E-state index in [-0.39, 0.29) is 11.3 Å². The molecule has 2 aromatic rings. The summed E-state index contributed by atoms with van der Waals surface area (Å²) >= 11 is 0. The number of anilines is 1. The predicted molar refractivity (Wildman–Crippen MR) is 73.5 cm³/mol. The van der Waals surface area contributed by atoms with Crippen LogP contribution in [0.5, 0.6) is 0 Å². The van der Waals surface area contributed by atoms with Crippen molar-refractivity contribution in [2.24, 2.45) is 0 Å². The zero-order valence-electron chi connectivity index (χ0n) is 11.4. The van der Waals surface area contributed by atoms with Crippen molar-refractivity contribution in [3.8, 4) is 0 Å². The lowest BCUT2D eigenvalue weighted by molar-refractivity contribution is 0.102. The first kappa shape index (κ1) is 14.0. The van der Waals surface area contributed by atoms with Crippen molar-refractivity contribution in [3.05, 3.63) is 63.0 Å². The molecule has 0 aliphatic carbocycles. The molecule has 1 aromatic heterocycles. The summed E-state index contributed by atoms with van der Waals surface area (Å²) < 4.78 is 18.1. The summed E-state index contributed by atoms with van der Waals surface area (Å²) in [6, 6.07) is 5.40. The molecule has 0 atom stereocenters. The topological polar surface area (TPSA) is 59.3 Å². The van der Waals surface area contributed by atoms with Crippen LogP contribution in [0.15, 0.2) is 33.5 Å². The normalized spacial score (nSPS) is 10.4. The average molecular weight is 275 g/mol. The van der Waals surface area contributed by atoms with E-state index in [1.165, 1.54) is 18.2 Å². The zero-order valence-corrected chi connectivity index (χ0v) is 11.4. The molecule has 104 valence electrons. The van der Waals surface area contributed by atoms with Crippen LogP contribution in [0.3, 0.4) is 0 Å². The number of carbonyl (C=O) groups excluding carboxylic acids is 1. The van der Waals surface area contributed by atoms with E-state index in [1.807, 2.05) is 0 Å². The number of rotatable bonds is 2. The molecule has 1 heterocycles. The van der Waals surface area contributed by atoms with Gasteiger partial charge in [0.25, 0.3) is 5.91 Å². The van der Waals surface area contributed by atoms with Gasteiger partial charge in [-0.2, -0.15) is 0 Å². The van der Waals surface area contributed by atoms with Crippen LogP contribution in [0.4, 0.5) is 10.1 Å². The van der Waals surface area contributed by atoms with E-state index in [0.29, 0.717) is 11.3 Å². The summed E-state index contributed by atoms with van der Waals surface area (Å²) in [7, 11) is 0. The number of aryl methyl sites for hydroxylation is 3. The molecule has 1 amide bonds. The van der Waals surface area contributed by atoms with Gasteiger partial charge in [0, 0.05) is 11.8 Å². The third kappa shape index (κ3) is 2.77. The monoisotopic (exact) mass is 275 g/mol. The minimum absolute atomic E-state index is 0.238. The fourth-order valence-electron chi connectivity index (χ4n) is 2.01. The average Bonchev–Trinajstić information content (AvgIpc) is 2.32. The van der Waals surface area contributed by atoms with Gasteiger partial charge >= 0.3 is 5.63 Å². The molecular weight excluding hydrogens is 261 g/mol. The number of hydrogen-bond donors (Lipinski definition) is 1. The van der Waals surface area contributed by atoms with Gasteiger partial charge in [0.15, 0.2) is 0 Å². The lowest BCUT2D eigenvalue weighted by atomic mass is 10.1. The molecule has 0 aliphatic rings. The molecule has 0 saturated carbocycles. The molecule has 0 unspecified atom stereocenters. The van der Waals surface area contributed by atoms with E-state index < -0.39 is 17.3 Å². The number of amides is 1. The van der Waals surface area contributed by atoms with Gasteiger partial charge in [-0.05, 0) is 44.0 Å². The Kier molecular flexibility index (Phi) is 3.70. The standard InChI is InChI=1S/C15H14FNO3/c1-8-4-5-11(16)7-12(8)17-15(19)14-9(2)6-13(18)20-10(14)3/h4-7H,1-3H3,(H,17,19). The molecule has 5 heteroatoms. The molecule has 2 rings (SSSR count). The Balaban J connectivity index is 2.38. The van der Waals surface area contributed by atoms with Gasteiger partial charge in [-0.3, -0.25) is 4.79 Å². The Morgan fingerprint density at radius 2 is 1.85 bits per heavy atom. The third-order valence-electron chi connectivity index (χ3n) is 3.01. The van der Waals surface area contributed by atoms with E-state index in [1.54, 1.807) is 26.8 Å². The lowest BCUT2D eigenvalue weighted by Gasteiger charge is -2.11. The van der Waals surface area contributed by atoms with Gasteiger partial charge in [0.2, 0.25) is 0 Å². The second-order valence-corrected chi connectivity index (χ2v) is 4.59. The quantitative estimate of drug-likeness (QED) is 0.916. The third-order valence-corrected chi connectivity index (χ3v) is 3.01. The lowest BCUT2D eigenvalue weighted by Crippen LogP contribution is -2.18. The maximum Gasteiger partial charge on any atom is 0.336 e. The first-order valence-corrected chi connectivity index (χ1v) is 6.07. The van der Waals surface area contributed by atoms with Crippen LogP contribution in [-0.4, -0.2) is 5.91 Å². The molecule has 0 saturated heterocycles. The number of carbonyl (C=O) groups is 1. The predicted octanol–water partition coefficient (Wildman–Crippen LogP) is 2.96. The van der Waals surface area contributed by atoms with Gasteiger partial charge < -0.3 is 9.73 Å². The summed E-state index contributed by atoms with van der Waals surface area (Å²) in [6.45, 7) is 4.96. The highest BCUT2D eigenvalue weighted by Gasteiger charge is 2.16. The van der Waals surface area contributed by atoms with Crippen molar-refractivity contribution < 1.29 is 13.6 Å². The molecular formula is C15H14FNO3. The summed E-state index contributed by atoms with van der Waals surface area (Å²) in [5.41, 5.74) is 1.43. The van der Waals surface area contributed by atoms with E-state index in [0.717, 1.165) is 5.56 Å². The van der Waals surface area contributed by atoms with Crippen LogP contribution in [0.25, 0.3) is 0 Å². The highest BCUT2D eigenvalue weighted by molar-refractivity contribution is 6.06. The van der Waals surface area contributed by atoms with E-state index in [2.05, 4.69) is 5.32 Å². The number of halogens is 1.